The highest BCUT2D eigenvalue weighted by Crippen LogP contribution is 2.20. The maximum atomic E-state index is 13.2. The van der Waals surface area contributed by atoms with Crippen molar-refractivity contribution in [3.63, 3.8) is 0 Å². The molecule has 1 heterocycles. The lowest BCUT2D eigenvalue weighted by Gasteiger charge is -2.06. The maximum absolute atomic E-state index is 13.2. The highest BCUT2D eigenvalue weighted by molar-refractivity contribution is 7.90. The molecule has 0 aliphatic rings. The number of hydrogen-bond donors (Lipinski definition) is 0. The number of aromatic nitrogens is 1. The molecule has 0 saturated heterocycles. The van der Waals surface area contributed by atoms with Crippen LogP contribution < -0.4 is 0 Å². The van der Waals surface area contributed by atoms with Crippen LogP contribution in [0.1, 0.15) is 5.56 Å². The van der Waals surface area contributed by atoms with Gasteiger partial charge < -0.3 is 0 Å². The Kier molecular flexibility index (Phi) is 3.43. The van der Waals surface area contributed by atoms with E-state index in [-0.39, 0.29) is 10.6 Å². The molecular weight excluding hydrogens is 289 g/mol. The summed E-state index contributed by atoms with van der Waals surface area (Å²) in [6, 6.07) is 14.0. The Morgan fingerprint density at radius 2 is 1.86 bits per heavy atom. The van der Waals surface area contributed by atoms with E-state index in [1.165, 1.54) is 18.2 Å². The zero-order valence-corrected chi connectivity index (χ0v) is 11.8. The van der Waals surface area contributed by atoms with Gasteiger partial charge in [0.2, 0.25) is 0 Å². The summed E-state index contributed by atoms with van der Waals surface area (Å²) in [5, 5.41) is 0.879. The second kappa shape index (κ2) is 5.26. The molecule has 0 N–H and O–H groups in total. The average molecular weight is 301 g/mol. The summed E-state index contributed by atoms with van der Waals surface area (Å²) in [6.45, 7) is 0. The summed E-state index contributed by atoms with van der Waals surface area (Å²) < 4.78 is 37.8. The molecule has 0 amide bonds. The van der Waals surface area contributed by atoms with E-state index in [0.29, 0.717) is 5.56 Å². The predicted octanol–water partition coefficient (Wildman–Crippen LogP) is 3.35. The predicted molar refractivity (Wildman–Crippen MR) is 79.0 cm³/mol. The van der Waals surface area contributed by atoms with Crippen LogP contribution in [0.4, 0.5) is 4.39 Å². The summed E-state index contributed by atoms with van der Waals surface area (Å²) in [7, 11) is -3.56. The van der Waals surface area contributed by atoms with Gasteiger partial charge in [-0.1, -0.05) is 18.2 Å². The summed E-state index contributed by atoms with van der Waals surface area (Å²) in [6.07, 6.45) is 1.69. The van der Waals surface area contributed by atoms with E-state index in [4.69, 9.17) is 0 Å². The lowest BCUT2D eigenvalue weighted by atomic mass is 10.1. The van der Waals surface area contributed by atoms with Crippen LogP contribution in [0.2, 0.25) is 0 Å². The van der Waals surface area contributed by atoms with Gasteiger partial charge in [-0.3, -0.25) is 4.98 Å². The number of fused-ring (bicyclic) bond motifs is 1. The monoisotopic (exact) mass is 301 g/mol. The first-order chi connectivity index (χ1) is 10.0. The lowest BCUT2D eigenvalue weighted by molar-refractivity contribution is 0.590. The summed E-state index contributed by atoms with van der Waals surface area (Å²) >= 11 is 0. The highest BCUT2D eigenvalue weighted by atomic mass is 32.2. The highest BCUT2D eigenvalue weighted by Gasteiger charge is 2.16. The molecule has 2 aromatic carbocycles. The van der Waals surface area contributed by atoms with Crippen molar-refractivity contribution in [2.24, 2.45) is 0 Å². The van der Waals surface area contributed by atoms with Crippen molar-refractivity contribution in [3.05, 3.63) is 72.2 Å². The van der Waals surface area contributed by atoms with E-state index in [1.54, 1.807) is 30.5 Å². The number of nitrogens with zero attached hydrogens (tertiary/aromatic N) is 1. The molecule has 0 radical (unpaired) electrons. The van der Waals surface area contributed by atoms with Gasteiger partial charge in [0, 0.05) is 11.6 Å². The number of benzene rings is 2. The second-order valence-corrected chi connectivity index (χ2v) is 6.74. The van der Waals surface area contributed by atoms with Crippen molar-refractivity contribution >= 4 is 20.7 Å². The van der Waals surface area contributed by atoms with Crippen LogP contribution in [0.5, 0.6) is 0 Å². The number of rotatable bonds is 3. The number of sulfone groups is 1. The number of pyridine rings is 1. The third-order valence-corrected chi connectivity index (χ3v) is 4.86. The van der Waals surface area contributed by atoms with Crippen LogP contribution in [0.3, 0.4) is 0 Å². The van der Waals surface area contributed by atoms with Crippen LogP contribution in [-0.2, 0) is 15.6 Å². The van der Waals surface area contributed by atoms with Gasteiger partial charge in [-0.25, -0.2) is 12.8 Å². The Bertz CT molecular complexity index is 907. The molecular formula is C16H12FNO2S. The maximum Gasteiger partial charge on any atom is 0.182 e. The molecule has 3 nitrogen and oxygen atoms in total. The summed E-state index contributed by atoms with van der Waals surface area (Å²) in [5.41, 5.74) is 1.46. The molecule has 5 heteroatoms. The molecule has 3 aromatic rings. The third-order valence-electron chi connectivity index (χ3n) is 3.18. The van der Waals surface area contributed by atoms with E-state index in [2.05, 4.69) is 4.98 Å². The van der Waals surface area contributed by atoms with Gasteiger partial charge in [0.25, 0.3) is 0 Å². The molecule has 0 aliphatic heterocycles. The Morgan fingerprint density at radius 3 is 2.67 bits per heavy atom. The van der Waals surface area contributed by atoms with E-state index >= 15 is 0 Å². The van der Waals surface area contributed by atoms with Crippen molar-refractivity contribution < 1.29 is 12.8 Å². The standard InChI is InChI=1S/C16H12FNO2S/c17-14-4-1-5-15(10-14)21(19,20)11-12-6-7-16-13(9-12)3-2-8-18-16/h1-10H,11H2. The summed E-state index contributed by atoms with van der Waals surface area (Å²) in [5.74, 6) is -0.722. The number of halogens is 1. The first-order valence-corrected chi connectivity index (χ1v) is 8.02. The van der Waals surface area contributed by atoms with E-state index < -0.39 is 15.7 Å². The molecule has 3 rings (SSSR count). The smallest absolute Gasteiger partial charge is 0.182 e. The van der Waals surface area contributed by atoms with E-state index in [0.717, 1.165) is 17.0 Å². The molecule has 106 valence electrons. The van der Waals surface area contributed by atoms with Crippen LogP contribution in [0, 0.1) is 5.82 Å². The molecule has 1 aromatic heterocycles. The van der Waals surface area contributed by atoms with Gasteiger partial charge in [0.05, 0.1) is 16.2 Å². The first-order valence-electron chi connectivity index (χ1n) is 6.37. The Hall–Kier alpha value is -2.27. The van der Waals surface area contributed by atoms with Gasteiger partial charge in [-0.15, -0.1) is 0 Å². The van der Waals surface area contributed by atoms with E-state index in [9.17, 15) is 12.8 Å². The average Bonchev–Trinajstić information content (AvgIpc) is 2.47. The molecule has 0 saturated carbocycles. The second-order valence-electron chi connectivity index (χ2n) is 4.75. The largest absolute Gasteiger partial charge is 0.256 e. The fourth-order valence-electron chi connectivity index (χ4n) is 2.18. The molecule has 0 unspecified atom stereocenters. The van der Waals surface area contributed by atoms with Crippen LogP contribution in [0.25, 0.3) is 10.9 Å². The van der Waals surface area contributed by atoms with Gasteiger partial charge in [-0.2, -0.15) is 0 Å². The SMILES string of the molecule is O=S(=O)(Cc1ccc2ncccc2c1)c1cccc(F)c1. The number of hydrogen-bond acceptors (Lipinski definition) is 3. The minimum atomic E-state index is -3.56. The molecule has 21 heavy (non-hydrogen) atoms. The lowest BCUT2D eigenvalue weighted by Crippen LogP contribution is -2.05. The Morgan fingerprint density at radius 1 is 1.00 bits per heavy atom. The molecule has 0 bridgehead atoms. The zero-order valence-electron chi connectivity index (χ0n) is 11.0. The van der Waals surface area contributed by atoms with Crippen molar-refractivity contribution in [1.82, 2.24) is 4.98 Å². The van der Waals surface area contributed by atoms with Crippen LogP contribution in [0.15, 0.2) is 65.7 Å². The van der Waals surface area contributed by atoms with Crippen LogP contribution >= 0.6 is 0 Å². The van der Waals surface area contributed by atoms with Crippen molar-refractivity contribution in [2.75, 3.05) is 0 Å². The minimum absolute atomic E-state index is 0.00576. The van der Waals surface area contributed by atoms with Gasteiger partial charge in [-0.05, 0) is 42.0 Å². The van der Waals surface area contributed by atoms with Crippen molar-refractivity contribution in [3.8, 4) is 0 Å². The molecule has 0 fully saturated rings. The first kappa shape index (κ1) is 13.7. The minimum Gasteiger partial charge on any atom is -0.256 e. The summed E-state index contributed by atoms with van der Waals surface area (Å²) in [4.78, 5) is 4.18. The van der Waals surface area contributed by atoms with Gasteiger partial charge >= 0.3 is 0 Å². The van der Waals surface area contributed by atoms with Crippen molar-refractivity contribution in [2.45, 2.75) is 10.6 Å². The van der Waals surface area contributed by atoms with Gasteiger partial charge in [0.1, 0.15) is 5.82 Å². The quantitative estimate of drug-likeness (QED) is 0.745. The molecule has 0 spiro atoms. The third kappa shape index (κ3) is 2.92. The normalized spacial score (nSPS) is 11.7. The van der Waals surface area contributed by atoms with Gasteiger partial charge in [0.15, 0.2) is 9.84 Å². The van der Waals surface area contributed by atoms with E-state index in [1.807, 2.05) is 6.07 Å². The Labute approximate surface area is 122 Å². The Balaban J connectivity index is 1.97. The van der Waals surface area contributed by atoms with Crippen LogP contribution in [-0.4, -0.2) is 13.4 Å². The molecule has 0 atom stereocenters. The molecule has 0 aliphatic carbocycles. The zero-order chi connectivity index (χ0) is 14.9. The topological polar surface area (TPSA) is 47.0 Å². The fourth-order valence-corrected chi connectivity index (χ4v) is 3.54. The fraction of sp³-hybridized carbons (Fsp3) is 0.0625. The van der Waals surface area contributed by atoms with Crippen molar-refractivity contribution in [1.29, 1.82) is 0 Å².